The summed E-state index contributed by atoms with van der Waals surface area (Å²) in [6, 6.07) is 12.9. The number of benzene rings is 2. The molecule has 0 unspecified atom stereocenters. The molecule has 3 nitrogen and oxygen atoms in total. The van der Waals surface area contributed by atoms with Crippen LogP contribution < -0.4 is 4.74 Å². The Kier molecular flexibility index (Phi) is 4.11. The van der Waals surface area contributed by atoms with Crippen LogP contribution in [0, 0.1) is 17.1 Å². The maximum Gasteiger partial charge on any atom is 0.163 e. The van der Waals surface area contributed by atoms with Crippen molar-refractivity contribution in [1.82, 2.24) is 0 Å². The molecule has 0 radical (unpaired) electrons. The van der Waals surface area contributed by atoms with Gasteiger partial charge in [-0.05, 0) is 42.8 Å². The summed E-state index contributed by atoms with van der Waals surface area (Å²) in [5, 5.41) is 8.82. The number of halogens is 1. The molecule has 2 aromatic carbocycles. The molecule has 0 aliphatic carbocycles. The summed E-state index contributed by atoms with van der Waals surface area (Å²) in [4.78, 5) is 11.4. The van der Waals surface area contributed by atoms with Crippen LogP contribution in [-0.4, -0.2) is 5.78 Å². The zero-order chi connectivity index (χ0) is 14.5. The summed E-state index contributed by atoms with van der Waals surface area (Å²) in [5.74, 6) is -0.402. The summed E-state index contributed by atoms with van der Waals surface area (Å²) in [7, 11) is 0. The Balaban J connectivity index is 2.19. The van der Waals surface area contributed by atoms with E-state index in [0.717, 1.165) is 11.6 Å². The average molecular weight is 269 g/mol. The number of Topliss-reactive ketones (excluding diaryl/α,β-unsaturated/α-hetero) is 1. The summed E-state index contributed by atoms with van der Waals surface area (Å²) >= 11 is 0. The minimum atomic E-state index is -0.478. The Morgan fingerprint density at radius 3 is 2.80 bits per heavy atom. The molecule has 0 amide bonds. The minimum Gasteiger partial charge on any atom is -0.488 e. The van der Waals surface area contributed by atoms with E-state index in [4.69, 9.17) is 10.00 Å². The third-order valence-electron chi connectivity index (χ3n) is 2.77. The predicted molar refractivity (Wildman–Crippen MR) is 71.9 cm³/mol. The van der Waals surface area contributed by atoms with E-state index < -0.39 is 5.82 Å². The second-order valence-corrected chi connectivity index (χ2v) is 4.30. The van der Waals surface area contributed by atoms with Crippen LogP contribution in [0.15, 0.2) is 42.5 Å². The Morgan fingerprint density at radius 1 is 1.30 bits per heavy atom. The maximum absolute atomic E-state index is 13.1. The highest BCUT2D eigenvalue weighted by atomic mass is 19.1. The molecule has 100 valence electrons. The van der Waals surface area contributed by atoms with E-state index in [-0.39, 0.29) is 18.0 Å². The number of ketones is 1. The fourth-order valence-electron chi connectivity index (χ4n) is 1.79. The number of carbonyl (C=O) groups is 1. The first-order valence-corrected chi connectivity index (χ1v) is 6.02. The highest BCUT2D eigenvalue weighted by Gasteiger charge is 2.10. The van der Waals surface area contributed by atoms with Gasteiger partial charge >= 0.3 is 0 Å². The molecule has 0 bridgehead atoms. The average Bonchev–Trinajstić information content (AvgIpc) is 2.46. The third-order valence-corrected chi connectivity index (χ3v) is 2.77. The second kappa shape index (κ2) is 5.98. The van der Waals surface area contributed by atoms with Crippen LogP contribution in [0.25, 0.3) is 0 Å². The zero-order valence-electron chi connectivity index (χ0n) is 10.9. The van der Waals surface area contributed by atoms with E-state index in [2.05, 4.69) is 0 Å². The van der Waals surface area contributed by atoms with Gasteiger partial charge in [0.2, 0.25) is 0 Å². The SMILES string of the molecule is CC(=O)c1cc(F)ccc1OCc1cccc(C#N)c1. The van der Waals surface area contributed by atoms with E-state index in [1.54, 1.807) is 18.2 Å². The van der Waals surface area contributed by atoms with Crippen LogP contribution in [-0.2, 0) is 6.61 Å². The Hall–Kier alpha value is -2.67. The van der Waals surface area contributed by atoms with Gasteiger partial charge in [-0.15, -0.1) is 0 Å². The van der Waals surface area contributed by atoms with Crippen molar-refractivity contribution in [3.8, 4) is 11.8 Å². The number of hydrogen-bond acceptors (Lipinski definition) is 3. The molecule has 0 fully saturated rings. The molecular weight excluding hydrogens is 257 g/mol. The number of nitriles is 1. The molecule has 4 heteroatoms. The van der Waals surface area contributed by atoms with E-state index in [9.17, 15) is 9.18 Å². The second-order valence-electron chi connectivity index (χ2n) is 4.30. The number of rotatable bonds is 4. The van der Waals surface area contributed by atoms with Gasteiger partial charge in [0.05, 0.1) is 17.2 Å². The van der Waals surface area contributed by atoms with Crippen LogP contribution in [0.1, 0.15) is 28.4 Å². The van der Waals surface area contributed by atoms with Crippen LogP contribution in [0.4, 0.5) is 4.39 Å². The first-order chi connectivity index (χ1) is 9.60. The molecule has 0 N–H and O–H groups in total. The number of nitrogens with zero attached hydrogens (tertiary/aromatic N) is 1. The van der Waals surface area contributed by atoms with Gasteiger partial charge in [0.15, 0.2) is 5.78 Å². The number of carbonyl (C=O) groups excluding carboxylic acids is 1. The van der Waals surface area contributed by atoms with Crippen molar-refractivity contribution >= 4 is 5.78 Å². The van der Waals surface area contributed by atoms with Gasteiger partial charge in [0.25, 0.3) is 0 Å². The van der Waals surface area contributed by atoms with Crippen molar-refractivity contribution in [2.24, 2.45) is 0 Å². The topological polar surface area (TPSA) is 50.1 Å². The van der Waals surface area contributed by atoms with Gasteiger partial charge in [0, 0.05) is 0 Å². The highest BCUT2D eigenvalue weighted by molar-refractivity contribution is 5.96. The summed E-state index contributed by atoms with van der Waals surface area (Å²) < 4.78 is 18.7. The summed E-state index contributed by atoms with van der Waals surface area (Å²) in [6.45, 7) is 1.57. The van der Waals surface area contributed by atoms with Crippen LogP contribution in [0.2, 0.25) is 0 Å². The van der Waals surface area contributed by atoms with Gasteiger partial charge < -0.3 is 4.74 Å². The highest BCUT2D eigenvalue weighted by Crippen LogP contribution is 2.21. The van der Waals surface area contributed by atoms with Crippen molar-refractivity contribution in [3.63, 3.8) is 0 Å². The van der Waals surface area contributed by atoms with Gasteiger partial charge in [-0.2, -0.15) is 5.26 Å². The standard InChI is InChI=1S/C16H12FNO2/c1-11(19)15-8-14(17)5-6-16(15)20-10-13-4-2-3-12(7-13)9-18/h2-8H,10H2,1H3. The normalized spacial score (nSPS) is 9.85. The molecule has 2 aromatic rings. The minimum absolute atomic E-state index is 0.210. The van der Waals surface area contributed by atoms with E-state index in [0.29, 0.717) is 11.3 Å². The lowest BCUT2D eigenvalue weighted by atomic mass is 10.1. The van der Waals surface area contributed by atoms with Gasteiger partial charge in [-0.1, -0.05) is 12.1 Å². The summed E-state index contributed by atoms with van der Waals surface area (Å²) in [6.07, 6.45) is 0. The smallest absolute Gasteiger partial charge is 0.163 e. The van der Waals surface area contributed by atoms with E-state index >= 15 is 0 Å². The zero-order valence-corrected chi connectivity index (χ0v) is 10.9. The van der Waals surface area contributed by atoms with Gasteiger partial charge in [0.1, 0.15) is 18.2 Å². The molecule has 0 aromatic heterocycles. The van der Waals surface area contributed by atoms with Gasteiger partial charge in [-0.25, -0.2) is 4.39 Å². The lowest BCUT2D eigenvalue weighted by Gasteiger charge is -2.10. The molecule has 0 aliphatic rings. The molecule has 2 rings (SSSR count). The summed E-state index contributed by atoms with van der Waals surface area (Å²) in [5.41, 5.74) is 1.56. The molecule has 0 heterocycles. The van der Waals surface area contributed by atoms with E-state index in [1.807, 2.05) is 12.1 Å². The molecule has 0 saturated carbocycles. The van der Waals surface area contributed by atoms with E-state index in [1.165, 1.54) is 19.1 Å². The Labute approximate surface area is 116 Å². The fraction of sp³-hybridized carbons (Fsp3) is 0.125. The third kappa shape index (κ3) is 3.21. The van der Waals surface area contributed by atoms with Gasteiger partial charge in [-0.3, -0.25) is 4.79 Å². The van der Waals surface area contributed by atoms with Crippen molar-refractivity contribution in [1.29, 1.82) is 5.26 Å². The van der Waals surface area contributed by atoms with Crippen molar-refractivity contribution in [3.05, 3.63) is 65.0 Å². The Bertz CT molecular complexity index is 689. The fourth-order valence-corrected chi connectivity index (χ4v) is 1.79. The molecule has 0 aliphatic heterocycles. The monoisotopic (exact) mass is 269 g/mol. The quantitative estimate of drug-likeness (QED) is 0.798. The number of hydrogen-bond donors (Lipinski definition) is 0. The molecule has 0 atom stereocenters. The van der Waals surface area contributed by atoms with Crippen LogP contribution in [0.5, 0.6) is 5.75 Å². The lowest BCUT2D eigenvalue weighted by molar-refractivity contribution is 0.101. The van der Waals surface area contributed by atoms with Crippen molar-refractivity contribution in [2.75, 3.05) is 0 Å². The first-order valence-electron chi connectivity index (χ1n) is 6.02. The first kappa shape index (κ1) is 13.8. The number of ether oxygens (including phenoxy) is 1. The Morgan fingerprint density at radius 2 is 2.10 bits per heavy atom. The molecule has 20 heavy (non-hydrogen) atoms. The molecule has 0 saturated heterocycles. The van der Waals surface area contributed by atoms with Crippen LogP contribution in [0.3, 0.4) is 0 Å². The lowest BCUT2D eigenvalue weighted by Crippen LogP contribution is -2.02. The predicted octanol–water partition coefficient (Wildman–Crippen LogP) is 3.48. The van der Waals surface area contributed by atoms with Crippen molar-refractivity contribution in [2.45, 2.75) is 13.5 Å². The van der Waals surface area contributed by atoms with Crippen molar-refractivity contribution < 1.29 is 13.9 Å². The molecule has 0 spiro atoms. The van der Waals surface area contributed by atoms with Crippen LogP contribution >= 0.6 is 0 Å². The molecular formula is C16H12FNO2. The largest absolute Gasteiger partial charge is 0.488 e. The maximum atomic E-state index is 13.1.